The third-order valence-electron chi connectivity index (χ3n) is 6.14. The molecule has 1 saturated carbocycles. The van der Waals surface area contributed by atoms with Crippen LogP contribution < -0.4 is 4.74 Å². The van der Waals surface area contributed by atoms with Crippen LogP contribution in [0.25, 0.3) is 0 Å². The Bertz CT molecular complexity index is 802. The normalized spacial score (nSPS) is 22.9. The highest BCUT2D eigenvalue weighted by Crippen LogP contribution is 2.38. The molecular weight excluding hydrogens is 356 g/mol. The van der Waals surface area contributed by atoms with Crippen LogP contribution in [0.4, 0.5) is 0 Å². The molecule has 0 bridgehead atoms. The van der Waals surface area contributed by atoms with Gasteiger partial charge in [0.1, 0.15) is 11.3 Å². The van der Waals surface area contributed by atoms with Crippen LogP contribution in [-0.4, -0.2) is 69.7 Å². The van der Waals surface area contributed by atoms with Gasteiger partial charge in [0, 0.05) is 13.1 Å². The Balaban J connectivity index is 1.49. The van der Waals surface area contributed by atoms with Gasteiger partial charge in [0.15, 0.2) is 12.4 Å². The van der Waals surface area contributed by atoms with Gasteiger partial charge in [0.05, 0.1) is 6.04 Å². The molecule has 1 amide bonds. The fraction of sp³-hybridized carbons (Fsp3) is 0.600. The minimum Gasteiger partial charge on any atom is -0.484 e. The number of tetrazole rings is 1. The number of aromatic nitrogens is 4. The molecule has 1 saturated heterocycles. The highest BCUT2D eigenvalue weighted by Gasteiger charge is 2.48. The number of rotatable bonds is 6. The Morgan fingerprint density at radius 3 is 2.71 bits per heavy atom. The van der Waals surface area contributed by atoms with Crippen LogP contribution in [0.2, 0.25) is 0 Å². The lowest BCUT2D eigenvalue weighted by Gasteiger charge is -2.35. The number of carbonyl (C=O) groups excluding carboxylic acids is 1. The quantitative estimate of drug-likeness (QED) is 0.757. The summed E-state index contributed by atoms with van der Waals surface area (Å²) in [5, 5.41) is 12.7. The van der Waals surface area contributed by atoms with E-state index in [0.717, 1.165) is 25.1 Å². The zero-order valence-electron chi connectivity index (χ0n) is 16.6. The van der Waals surface area contributed by atoms with Crippen molar-refractivity contribution >= 4 is 5.91 Å². The first kappa shape index (κ1) is 18.9. The maximum atomic E-state index is 12.8. The number of hydrogen-bond acceptors (Lipinski definition) is 6. The first-order chi connectivity index (χ1) is 13.6. The summed E-state index contributed by atoms with van der Waals surface area (Å²) in [4.78, 5) is 16.8. The van der Waals surface area contributed by atoms with Crippen LogP contribution >= 0.6 is 0 Å². The van der Waals surface area contributed by atoms with E-state index in [1.807, 2.05) is 54.0 Å². The van der Waals surface area contributed by atoms with Gasteiger partial charge >= 0.3 is 0 Å². The first-order valence-electron chi connectivity index (χ1n) is 10.0. The van der Waals surface area contributed by atoms with E-state index in [1.165, 1.54) is 12.8 Å². The summed E-state index contributed by atoms with van der Waals surface area (Å²) >= 11 is 0. The third-order valence-corrected chi connectivity index (χ3v) is 6.14. The fourth-order valence-electron chi connectivity index (χ4n) is 4.40. The first-order valence-corrected chi connectivity index (χ1v) is 10.0. The number of ether oxygens (including phenoxy) is 1. The number of carbonyl (C=O) groups is 1. The number of likely N-dealkylation sites (tertiary alicyclic amines) is 1. The number of amides is 1. The van der Waals surface area contributed by atoms with Crippen LogP contribution in [0.5, 0.6) is 5.75 Å². The molecule has 0 radical (unpaired) electrons. The highest BCUT2D eigenvalue weighted by atomic mass is 16.5. The topological polar surface area (TPSA) is 76.4 Å². The Labute approximate surface area is 165 Å². The number of para-hydroxylation sites is 1. The maximum absolute atomic E-state index is 12.8. The van der Waals surface area contributed by atoms with Crippen LogP contribution in [0, 0.1) is 0 Å². The molecule has 150 valence electrons. The average Bonchev–Trinajstić information content (AvgIpc) is 3.46. The minimum atomic E-state index is -0.367. The molecule has 1 unspecified atom stereocenters. The van der Waals surface area contributed by atoms with Crippen molar-refractivity contribution in [2.75, 3.05) is 33.8 Å². The molecule has 1 aliphatic carbocycles. The number of likely N-dealkylation sites (N-methyl/N-ethyl adjacent to an activating group) is 1. The van der Waals surface area contributed by atoms with E-state index in [2.05, 4.69) is 20.4 Å². The summed E-state index contributed by atoms with van der Waals surface area (Å²) < 4.78 is 7.67. The van der Waals surface area contributed by atoms with E-state index in [-0.39, 0.29) is 18.1 Å². The lowest BCUT2D eigenvalue weighted by atomic mass is 9.95. The van der Waals surface area contributed by atoms with Gasteiger partial charge in [0.2, 0.25) is 0 Å². The number of benzene rings is 1. The largest absolute Gasteiger partial charge is 0.484 e. The van der Waals surface area contributed by atoms with Crippen molar-refractivity contribution in [2.45, 2.75) is 43.7 Å². The fourth-order valence-corrected chi connectivity index (χ4v) is 4.40. The van der Waals surface area contributed by atoms with E-state index in [4.69, 9.17) is 4.74 Å². The summed E-state index contributed by atoms with van der Waals surface area (Å²) in [6, 6.07) is 9.81. The van der Waals surface area contributed by atoms with Crippen LogP contribution in [0.1, 0.15) is 44.0 Å². The molecule has 4 rings (SSSR count). The smallest absolute Gasteiger partial charge is 0.260 e. The Hall–Kier alpha value is -2.48. The molecule has 2 aromatic rings. The second-order valence-corrected chi connectivity index (χ2v) is 7.98. The molecule has 1 aromatic carbocycles. The molecule has 2 aliphatic rings. The molecule has 8 heteroatoms. The molecule has 1 aromatic heterocycles. The van der Waals surface area contributed by atoms with E-state index in [1.54, 1.807) is 0 Å². The molecule has 1 aliphatic heterocycles. The van der Waals surface area contributed by atoms with Gasteiger partial charge in [-0.05, 0) is 55.9 Å². The van der Waals surface area contributed by atoms with Crippen molar-refractivity contribution in [3.8, 4) is 5.75 Å². The maximum Gasteiger partial charge on any atom is 0.260 e. The SMILES string of the molecule is CN(C)C1(c2nnnn2C2CCCC2)CCN(C(=O)COc2ccccc2)C1. The number of hydrogen-bond donors (Lipinski definition) is 0. The second kappa shape index (κ2) is 7.87. The van der Waals surface area contributed by atoms with Gasteiger partial charge in [-0.1, -0.05) is 31.0 Å². The van der Waals surface area contributed by atoms with E-state index in [0.29, 0.717) is 24.9 Å². The predicted octanol–water partition coefficient (Wildman–Crippen LogP) is 1.86. The van der Waals surface area contributed by atoms with Gasteiger partial charge in [-0.2, -0.15) is 0 Å². The average molecular weight is 384 g/mol. The number of nitrogens with zero attached hydrogens (tertiary/aromatic N) is 6. The minimum absolute atomic E-state index is 0.00697. The van der Waals surface area contributed by atoms with Gasteiger partial charge in [0.25, 0.3) is 5.91 Å². The van der Waals surface area contributed by atoms with Crippen molar-refractivity contribution < 1.29 is 9.53 Å². The van der Waals surface area contributed by atoms with Gasteiger partial charge in [-0.3, -0.25) is 9.69 Å². The second-order valence-electron chi connectivity index (χ2n) is 7.98. The van der Waals surface area contributed by atoms with Crippen LogP contribution in [0.3, 0.4) is 0 Å². The van der Waals surface area contributed by atoms with Crippen LogP contribution in [0.15, 0.2) is 30.3 Å². The summed E-state index contributed by atoms with van der Waals surface area (Å²) in [6.45, 7) is 1.29. The summed E-state index contributed by atoms with van der Waals surface area (Å²) in [5.74, 6) is 1.58. The summed E-state index contributed by atoms with van der Waals surface area (Å²) in [5.41, 5.74) is -0.367. The third kappa shape index (κ3) is 3.48. The molecule has 28 heavy (non-hydrogen) atoms. The van der Waals surface area contributed by atoms with Crippen molar-refractivity contribution in [2.24, 2.45) is 0 Å². The summed E-state index contributed by atoms with van der Waals surface area (Å²) in [6.07, 6.45) is 5.50. The molecule has 0 N–H and O–H groups in total. The molecule has 2 fully saturated rings. The lowest BCUT2D eigenvalue weighted by Crippen LogP contribution is -2.47. The Morgan fingerprint density at radius 2 is 2.00 bits per heavy atom. The van der Waals surface area contributed by atoms with Crippen molar-refractivity contribution in [3.63, 3.8) is 0 Å². The van der Waals surface area contributed by atoms with Crippen molar-refractivity contribution in [3.05, 3.63) is 36.2 Å². The summed E-state index contributed by atoms with van der Waals surface area (Å²) in [7, 11) is 4.09. The molecule has 1 atom stereocenters. The van der Waals surface area contributed by atoms with Crippen LogP contribution in [-0.2, 0) is 10.3 Å². The Kier molecular flexibility index (Phi) is 5.30. The van der Waals surface area contributed by atoms with E-state index in [9.17, 15) is 4.79 Å². The van der Waals surface area contributed by atoms with E-state index >= 15 is 0 Å². The standard InChI is InChI=1S/C20H28N6O2/c1-24(2)20(19-21-22-23-26(19)16-8-6-7-9-16)12-13-25(15-20)18(27)14-28-17-10-4-3-5-11-17/h3-5,10-11,16H,6-9,12-15H2,1-2H3. The zero-order chi connectivity index (χ0) is 19.6. The molecule has 2 heterocycles. The van der Waals surface area contributed by atoms with Gasteiger partial charge in [-0.15, -0.1) is 5.10 Å². The highest BCUT2D eigenvalue weighted by molar-refractivity contribution is 5.78. The zero-order valence-corrected chi connectivity index (χ0v) is 16.6. The predicted molar refractivity (Wildman–Crippen MR) is 104 cm³/mol. The van der Waals surface area contributed by atoms with E-state index < -0.39 is 0 Å². The molecular formula is C20H28N6O2. The Morgan fingerprint density at radius 1 is 1.25 bits per heavy atom. The monoisotopic (exact) mass is 384 g/mol. The van der Waals surface area contributed by atoms with Crippen molar-refractivity contribution in [1.82, 2.24) is 30.0 Å². The molecule has 8 nitrogen and oxygen atoms in total. The van der Waals surface area contributed by atoms with Gasteiger partial charge in [-0.25, -0.2) is 4.68 Å². The molecule has 0 spiro atoms. The van der Waals surface area contributed by atoms with Crippen molar-refractivity contribution in [1.29, 1.82) is 0 Å². The lowest BCUT2D eigenvalue weighted by molar-refractivity contribution is -0.132. The van der Waals surface area contributed by atoms with Gasteiger partial charge < -0.3 is 9.64 Å².